The van der Waals surface area contributed by atoms with Gasteiger partial charge < -0.3 is 29.8 Å². The third-order valence-electron chi connectivity index (χ3n) is 3.50. The second kappa shape index (κ2) is 11.5. The molecule has 3 rings (SSSR count). The van der Waals surface area contributed by atoms with Gasteiger partial charge >= 0.3 is 26.2 Å². The molecule has 1 N–H and O–H groups in total. The summed E-state index contributed by atoms with van der Waals surface area (Å²) >= 11 is 0. The predicted octanol–water partition coefficient (Wildman–Crippen LogP) is -0.759. The van der Waals surface area contributed by atoms with Gasteiger partial charge in [-0.1, -0.05) is 46.0 Å². The summed E-state index contributed by atoms with van der Waals surface area (Å²) in [5, 5.41) is 2.75. The molecule has 1 aromatic heterocycles. The molecule has 0 unspecified atom stereocenters. The number of para-hydroxylation sites is 1. The van der Waals surface area contributed by atoms with Crippen LogP contribution >= 0.6 is 0 Å². The fraction of sp³-hybridized carbons (Fsp3) is 0.368. The summed E-state index contributed by atoms with van der Waals surface area (Å²) in [5.74, 6) is 0. The van der Waals surface area contributed by atoms with Gasteiger partial charge in [-0.05, 0) is 5.41 Å². The molecule has 2 aromatic rings. The second-order valence-corrected chi connectivity index (χ2v) is 9.16. The van der Waals surface area contributed by atoms with E-state index >= 15 is 0 Å². The van der Waals surface area contributed by atoms with E-state index in [9.17, 15) is 0 Å². The Bertz CT molecular complexity index is 669. The summed E-state index contributed by atoms with van der Waals surface area (Å²) in [7, 11) is -0.194. The minimum atomic E-state index is -0.194. The van der Waals surface area contributed by atoms with Crippen LogP contribution in [0, 0.1) is 12.3 Å². The first-order valence-corrected chi connectivity index (χ1v) is 9.96. The first-order valence-electron chi connectivity index (χ1n) is 7.46. The van der Waals surface area contributed by atoms with E-state index in [1.807, 2.05) is 6.07 Å². The number of rotatable bonds is 1. The summed E-state index contributed by atoms with van der Waals surface area (Å²) in [4.78, 5) is 3.17. The normalized spacial score (nSPS) is 12.5. The number of nitrogens with one attached hydrogen (secondary N) is 1. The van der Waals surface area contributed by atoms with Crippen LogP contribution in [0.1, 0.15) is 32.8 Å². The third kappa shape index (κ3) is 7.04. The van der Waals surface area contributed by atoms with Crippen LogP contribution in [0.15, 0.2) is 41.6 Å². The molecule has 0 saturated carbocycles. The Labute approximate surface area is 179 Å². The Hall–Kier alpha value is -0.0800. The maximum absolute atomic E-state index is 3.31. The zero-order chi connectivity index (χ0) is 15.5. The second-order valence-electron chi connectivity index (χ2n) is 6.62. The number of H-pyrrole nitrogens is 1. The van der Waals surface area contributed by atoms with Crippen molar-refractivity contribution in [3.05, 3.63) is 59.5 Å². The van der Waals surface area contributed by atoms with Crippen molar-refractivity contribution in [2.75, 3.05) is 0 Å². The van der Waals surface area contributed by atoms with Crippen LogP contribution in [0.5, 0.6) is 0 Å². The maximum Gasteiger partial charge on any atom is 4.00 e. The minimum Gasteiger partial charge on any atom is -1.00 e. The van der Waals surface area contributed by atoms with Crippen molar-refractivity contribution in [2.45, 2.75) is 45.7 Å². The number of fused-ring (bicyclic) bond motifs is 1. The van der Waals surface area contributed by atoms with Gasteiger partial charge in [-0.15, -0.1) is 35.8 Å². The number of hydrogen-bond acceptors (Lipinski definition) is 0. The topological polar surface area (TPSA) is 15.8 Å². The number of halogens is 2. The molecule has 1 heterocycles. The zero-order valence-electron chi connectivity index (χ0n) is 14.9. The van der Waals surface area contributed by atoms with Crippen LogP contribution in [0.3, 0.4) is 0 Å². The first-order chi connectivity index (χ1) is 9.89. The number of aromatic amines is 1. The van der Waals surface area contributed by atoms with Gasteiger partial charge in [0.05, 0.1) is 0 Å². The largest absolute Gasteiger partial charge is 4.00 e. The van der Waals surface area contributed by atoms with Gasteiger partial charge in [0, 0.05) is 8.80 Å². The van der Waals surface area contributed by atoms with E-state index in [-0.39, 0.29) is 65.2 Å². The zero-order valence-corrected chi connectivity index (χ0v) is 19.9. The molecule has 1 aliphatic carbocycles. The summed E-state index contributed by atoms with van der Waals surface area (Å²) in [6.07, 6.45) is 12.0. The van der Waals surface area contributed by atoms with Gasteiger partial charge in [0.1, 0.15) is 0 Å². The molecule has 0 fully saturated rings. The van der Waals surface area contributed by atoms with Crippen LogP contribution in [-0.4, -0.2) is 13.8 Å². The molecular formula is C19H24Cl2NSiZr. The molecule has 0 atom stereocenters. The minimum absolute atomic E-state index is 0. The predicted molar refractivity (Wildman–Crippen MR) is 93.8 cm³/mol. The molecular weight excluding hydrogens is 432 g/mol. The van der Waals surface area contributed by atoms with Crippen molar-refractivity contribution in [3.8, 4) is 0 Å². The van der Waals surface area contributed by atoms with Gasteiger partial charge in [-0.3, -0.25) is 6.08 Å². The fourth-order valence-electron chi connectivity index (χ4n) is 2.35. The maximum atomic E-state index is 3.31. The van der Waals surface area contributed by atoms with Crippen LogP contribution in [-0.2, 0) is 31.6 Å². The molecule has 24 heavy (non-hydrogen) atoms. The van der Waals surface area contributed by atoms with Crippen LogP contribution in [0.4, 0.5) is 0 Å². The van der Waals surface area contributed by atoms with Gasteiger partial charge in [-0.2, -0.15) is 11.5 Å². The summed E-state index contributed by atoms with van der Waals surface area (Å²) in [6, 6.07) is 8.34. The average molecular weight is 457 g/mol. The number of aromatic nitrogens is 1. The fourth-order valence-corrected chi connectivity index (χ4v) is 3.25. The monoisotopic (exact) mass is 454 g/mol. The van der Waals surface area contributed by atoms with Crippen molar-refractivity contribution < 1.29 is 51.0 Å². The van der Waals surface area contributed by atoms with Gasteiger partial charge in [0.2, 0.25) is 0 Å². The Kier molecular flexibility index (Phi) is 12.6. The Morgan fingerprint density at radius 3 is 2.17 bits per heavy atom. The smallest absolute Gasteiger partial charge is 1.00 e. The summed E-state index contributed by atoms with van der Waals surface area (Å²) < 4.78 is 0. The number of allylic oxidation sites excluding steroid dienone is 4. The van der Waals surface area contributed by atoms with E-state index in [2.05, 4.69) is 81.5 Å². The van der Waals surface area contributed by atoms with Crippen molar-refractivity contribution in [2.24, 2.45) is 0 Å². The summed E-state index contributed by atoms with van der Waals surface area (Å²) in [5.41, 5.74) is 2.61. The van der Waals surface area contributed by atoms with Gasteiger partial charge in [0.25, 0.3) is 0 Å². The van der Waals surface area contributed by atoms with Crippen molar-refractivity contribution in [1.29, 1.82) is 0 Å². The molecule has 127 valence electrons. The standard InChI is InChI=1S/C12H14N.C7H10Si.2ClH.Zr/c1-12(2,3)10-8-13-11-7-5-4-6-9(10)11;1-8(2)7-5-3-4-6-7;;;/h4-7,13H,1-3H3;3,5H,4H2,1-2H3;2*1H;/q2*-1;;;+4/p-2. The SMILES string of the molecule is CC(C)(C)c1[c-][nH]c2ccccc12.C[Si](C)C1=[C-]CC=C1.[Cl-].[Cl-].[Zr+4]. The molecule has 1 radical (unpaired) electrons. The van der Waals surface area contributed by atoms with Crippen molar-refractivity contribution >= 4 is 19.7 Å². The van der Waals surface area contributed by atoms with E-state index in [1.54, 1.807) is 0 Å². The van der Waals surface area contributed by atoms with E-state index < -0.39 is 0 Å². The number of hydrogen-bond donors (Lipinski definition) is 1. The molecule has 0 bridgehead atoms. The third-order valence-corrected chi connectivity index (χ3v) is 4.92. The molecule has 5 heteroatoms. The molecule has 0 saturated heterocycles. The Morgan fingerprint density at radius 1 is 1.08 bits per heavy atom. The summed E-state index contributed by atoms with van der Waals surface area (Å²) in [6.45, 7) is 11.2. The Morgan fingerprint density at radius 2 is 1.71 bits per heavy atom. The molecule has 1 aromatic carbocycles. The van der Waals surface area contributed by atoms with Crippen molar-refractivity contribution in [1.82, 2.24) is 4.98 Å². The van der Waals surface area contributed by atoms with Gasteiger partial charge in [0.15, 0.2) is 0 Å². The van der Waals surface area contributed by atoms with E-state index in [1.165, 1.54) is 21.7 Å². The van der Waals surface area contributed by atoms with Crippen LogP contribution < -0.4 is 24.8 Å². The average Bonchev–Trinajstić information content (AvgIpc) is 3.08. The number of benzene rings is 1. The van der Waals surface area contributed by atoms with Crippen LogP contribution in [0.2, 0.25) is 13.1 Å². The van der Waals surface area contributed by atoms with Crippen molar-refractivity contribution in [3.63, 3.8) is 0 Å². The van der Waals surface area contributed by atoms with Gasteiger partial charge in [-0.25, -0.2) is 11.3 Å². The molecule has 0 aliphatic heterocycles. The molecule has 1 nitrogen and oxygen atoms in total. The Balaban J connectivity index is 0. The van der Waals surface area contributed by atoms with E-state index in [4.69, 9.17) is 0 Å². The van der Waals surface area contributed by atoms with Crippen LogP contribution in [0.25, 0.3) is 10.9 Å². The first kappa shape index (κ1) is 26.2. The van der Waals surface area contributed by atoms with E-state index in [0.29, 0.717) is 0 Å². The molecule has 1 aliphatic rings. The molecule has 0 spiro atoms. The van der Waals surface area contributed by atoms with E-state index in [0.717, 1.165) is 6.42 Å². The quantitative estimate of drug-likeness (QED) is 0.429. The molecule has 0 amide bonds.